The maximum atomic E-state index is 11.0. The lowest BCUT2D eigenvalue weighted by atomic mass is 10.1. The Morgan fingerprint density at radius 3 is 1.87 bits per heavy atom. The van der Waals surface area contributed by atoms with Gasteiger partial charge in [-0.05, 0) is 11.1 Å². The molecule has 2 aromatic rings. The van der Waals surface area contributed by atoms with E-state index >= 15 is 0 Å². The second-order valence-corrected chi connectivity index (χ2v) is 5.23. The van der Waals surface area contributed by atoms with Gasteiger partial charge in [0, 0.05) is 6.42 Å². The monoisotopic (exact) mass is 310 g/mol. The maximum absolute atomic E-state index is 11.0. The van der Waals surface area contributed by atoms with Crippen molar-refractivity contribution >= 4 is 6.29 Å². The van der Waals surface area contributed by atoms with Gasteiger partial charge in [0.05, 0.1) is 19.3 Å². The van der Waals surface area contributed by atoms with Crippen LogP contribution in [0.1, 0.15) is 17.5 Å². The van der Waals surface area contributed by atoms with Gasteiger partial charge in [-0.3, -0.25) is 0 Å². The fourth-order valence-electron chi connectivity index (χ4n) is 2.26. The van der Waals surface area contributed by atoms with E-state index in [2.05, 4.69) is 6.58 Å². The maximum Gasteiger partial charge on any atom is 0.122 e. The molecule has 3 heteroatoms. The Hall–Kier alpha value is -2.23. The van der Waals surface area contributed by atoms with Crippen LogP contribution in [0.15, 0.2) is 73.3 Å². The summed E-state index contributed by atoms with van der Waals surface area (Å²) < 4.78 is 11.8. The average Bonchev–Trinajstić information content (AvgIpc) is 2.62. The lowest BCUT2D eigenvalue weighted by Gasteiger charge is -2.24. The minimum absolute atomic E-state index is 0.276. The molecule has 0 unspecified atom stereocenters. The number of hydrogen-bond donors (Lipinski definition) is 0. The summed E-state index contributed by atoms with van der Waals surface area (Å²) >= 11 is 0. The van der Waals surface area contributed by atoms with Crippen LogP contribution in [-0.4, -0.2) is 18.5 Å². The lowest BCUT2D eigenvalue weighted by molar-refractivity contribution is -0.115. The van der Waals surface area contributed by atoms with E-state index in [1.165, 1.54) is 0 Å². The summed E-state index contributed by atoms with van der Waals surface area (Å²) in [5.41, 5.74) is 2.14. The number of ether oxygens (including phenoxy) is 2. The molecule has 0 aliphatic rings. The third-order valence-corrected chi connectivity index (χ3v) is 3.52. The topological polar surface area (TPSA) is 35.5 Å². The van der Waals surface area contributed by atoms with Crippen LogP contribution in [0, 0.1) is 0 Å². The van der Waals surface area contributed by atoms with Gasteiger partial charge < -0.3 is 14.3 Å². The highest BCUT2D eigenvalue weighted by atomic mass is 16.5. The van der Waals surface area contributed by atoms with Gasteiger partial charge in [-0.2, -0.15) is 0 Å². The first-order valence-corrected chi connectivity index (χ1v) is 7.70. The Labute approximate surface area is 137 Å². The van der Waals surface area contributed by atoms with Crippen LogP contribution in [0.2, 0.25) is 0 Å². The second-order valence-electron chi connectivity index (χ2n) is 5.23. The van der Waals surface area contributed by atoms with Crippen LogP contribution >= 0.6 is 0 Å². The molecular formula is C20H22O3. The highest BCUT2D eigenvalue weighted by Crippen LogP contribution is 2.14. The predicted molar refractivity (Wildman–Crippen MR) is 90.9 cm³/mol. The van der Waals surface area contributed by atoms with Crippen LogP contribution in [0.25, 0.3) is 0 Å². The zero-order valence-electron chi connectivity index (χ0n) is 13.1. The van der Waals surface area contributed by atoms with Gasteiger partial charge in [0.25, 0.3) is 0 Å². The highest BCUT2D eigenvalue weighted by molar-refractivity contribution is 5.50. The molecule has 23 heavy (non-hydrogen) atoms. The molecule has 0 aromatic heterocycles. The molecule has 0 amide bonds. The van der Waals surface area contributed by atoms with E-state index in [-0.39, 0.29) is 18.6 Å². The van der Waals surface area contributed by atoms with E-state index in [9.17, 15) is 4.79 Å². The van der Waals surface area contributed by atoms with Crippen LogP contribution in [0.3, 0.4) is 0 Å². The zero-order valence-corrected chi connectivity index (χ0v) is 13.1. The van der Waals surface area contributed by atoms with Crippen LogP contribution in [0.4, 0.5) is 0 Å². The molecule has 0 saturated heterocycles. The van der Waals surface area contributed by atoms with Gasteiger partial charge in [0.1, 0.15) is 12.4 Å². The fraction of sp³-hybridized carbons (Fsp3) is 0.250. The molecule has 2 aromatic carbocycles. The molecule has 0 aliphatic carbocycles. The molecule has 0 saturated carbocycles. The Kier molecular flexibility index (Phi) is 7.24. The fourth-order valence-corrected chi connectivity index (χ4v) is 2.26. The van der Waals surface area contributed by atoms with Gasteiger partial charge in [-0.15, -0.1) is 6.58 Å². The van der Waals surface area contributed by atoms with E-state index in [1.807, 2.05) is 60.7 Å². The number of rotatable bonds is 10. The molecule has 120 valence electrons. The molecule has 3 nitrogen and oxygen atoms in total. The SMILES string of the molecule is C=C[C@H](OCc1ccccc1)[C@H](CC=O)OCc1ccccc1. The molecule has 0 spiro atoms. The molecule has 0 aliphatic heterocycles. The molecule has 0 heterocycles. The summed E-state index contributed by atoms with van der Waals surface area (Å²) in [6.45, 7) is 4.71. The standard InChI is InChI=1S/C20H22O3/c1-2-19(22-15-17-9-5-3-6-10-17)20(13-14-21)23-16-18-11-7-4-8-12-18/h2-12,14,19-20H,1,13,15-16H2/t19-,20-/m0/s1. The van der Waals surface area contributed by atoms with Crippen molar-refractivity contribution in [2.45, 2.75) is 31.8 Å². The van der Waals surface area contributed by atoms with E-state index in [0.29, 0.717) is 13.2 Å². The van der Waals surface area contributed by atoms with Crippen molar-refractivity contribution < 1.29 is 14.3 Å². The second kappa shape index (κ2) is 9.72. The molecule has 0 bridgehead atoms. The van der Waals surface area contributed by atoms with E-state index in [1.54, 1.807) is 6.08 Å². The smallest absolute Gasteiger partial charge is 0.122 e. The van der Waals surface area contributed by atoms with Crippen molar-refractivity contribution in [3.8, 4) is 0 Å². The van der Waals surface area contributed by atoms with E-state index < -0.39 is 0 Å². The largest absolute Gasteiger partial charge is 0.370 e. The lowest BCUT2D eigenvalue weighted by Crippen LogP contribution is -2.30. The van der Waals surface area contributed by atoms with Gasteiger partial charge in [0.2, 0.25) is 0 Å². The summed E-state index contributed by atoms with van der Waals surface area (Å²) in [6.07, 6.45) is 2.16. The van der Waals surface area contributed by atoms with E-state index in [4.69, 9.17) is 9.47 Å². The Morgan fingerprint density at radius 2 is 1.39 bits per heavy atom. The van der Waals surface area contributed by atoms with E-state index in [0.717, 1.165) is 17.4 Å². The van der Waals surface area contributed by atoms with Crippen LogP contribution < -0.4 is 0 Å². The number of hydrogen-bond acceptors (Lipinski definition) is 3. The normalized spacial score (nSPS) is 13.2. The Balaban J connectivity index is 1.92. The number of benzene rings is 2. The molecule has 0 fully saturated rings. The first-order chi connectivity index (χ1) is 11.3. The minimum Gasteiger partial charge on any atom is -0.370 e. The van der Waals surface area contributed by atoms with Crippen molar-refractivity contribution in [1.82, 2.24) is 0 Å². The van der Waals surface area contributed by atoms with Crippen molar-refractivity contribution in [3.05, 3.63) is 84.4 Å². The van der Waals surface area contributed by atoms with Crippen LogP contribution in [-0.2, 0) is 27.5 Å². The first-order valence-electron chi connectivity index (χ1n) is 7.70. The third kappa shape index (κ3) is 5.81. The molecule has 0 radical (unpaired) electrons. The number of carbonyl (C=O) groups is 1. The Bertz CT molecular complexity index is 580. The molecule has 2 atom stereocenters. The van der Waals surface area contributed by atoms with Crippen molar-refractivity contribution in [1.29, 1.82) is 0 Å². The average molecular weight is 310 g/mol. The molecule has 2 rings (SSSR count). The van der Waals surface area contributed by atoms with Gasteiger partial charge in [-0.1, -0.05) is 66.7 Å². The van der Waals surface area contributed by atoms with Gasteiger partial charge in [-0.25, -0.2) is 0 Å². The molecule has 0 N–H and O–H groups in total. The number of carbonyl (C=O) groups excluding carboxylic acids is 1. The zero-order chi connectivity index (χ0) is 16.3. The van der Waals surface area contributed by atoms with Gasteiger partial charge in [0.15, 0.2) is 0 Å². The number of aldehydes is 1. The highest BCUT2D eigenvalue weighted by Gasteiger charge is 2.20. The summed E-state index contributed by atoms with van der Waals surface area (Å²) in [5.74, 6) is 0. The Morgan fingerprint density at radius 1 is 0.870 bits per heavy atom. The summed E-state index contributed by atoms with van der Waals surface area (Å²) in [4.78, 5) is 11.0. The third-order valence-electron chi connectivity index (χ3n) is 3.52. The predicted octanol–water partition coefficient (Wildman–Crippen LogP) is 3.93. The van der Waals surface area contributed by atoms with Crippen LogP contribution in [0.5, 0.6) is 0 Å². The first kappa shape index (κ1) is 17.1. The summed E-state index contributed by atoms with van der Waals surface area (Å²) in [6, 6.07) is 19.8. The molecular weight excluding hydrogens is 288 g/mol. The van der Waals surface area contributed by atoms with Gasteiger partial charge >= 0.3 is 0 Å². The summed E-state index contributed by atoms with van der Waals surface area (Å²) in [7, 11) is 0. The van der Waals surface area contributed by atoms with Crippen molar-refractivity contribution in [2.24, 2.45) is 0 Å². The van der Waals surface area contributed by atoms with Crippen molar-refractivity contribution in [3.63, 3.8) is 0 Å². The minimum atomic E-state index is -0.339. The summed E-state index contributed by atoms with van der Waals surface area (Å²) in [5, 5.41) is 0. The quantitative estimate of drug-likeness (QED) is 0.493. The van der Waals surface area contributed by atoms with Crippen molar-refractivity contribution in [2.75, 3.05) is 0 Å².